The lowest BCUT2D eigenvalue weighted by Gasteiger charge is -2.13. The molecule has 1 N–H and O–H groups in total. The van der Waals surface area contributed by atoms with E-state index in [-0.39, 0.29) is 5.57 Å². The molecule has 0 atom stereocenters. The number of hydrogen-bond donors (Lipinski definition) is 1. The van der Waals surface area contributed by atoms with E-state index in [2.05, 4.69) is 5.32 Å². The Kier molecular flexibility index (Phi) is 10.1. The van der Waals surface area contributed by atoms with E-state index in [1.807, 2.05) is 49.4 Å². The zero-order chi connectivity index (χ0) is 28.3. The first kappa shape index (κ1) is 28.6. The lowest BCUT2D eigenvalue weighted by Crippen LogP contribution is -2.13. The molecule has 8 heteroatoms. The van der Waals surface area contributed by atoms with Crippen LogP contribution in [0.5, 0.6) is 17.2 Å². The van der Waals surface area contributed by atoms with Gasteiger partial charge in [-0.15, -0.1) is 0 Å². The third kappa shape index (κ3) is 8.28. The van der Waals surface area contributed by atoms with Gasteiger partial charge in [-0.25, -0.2) is 0 Å². The molecular weight excluding hydrogens is 547 g/mol. The molecule has 0 heterocycles. The van der Waals surface area contributed by atoms with Crippen molar-refractivity contribution in [3.8, 4) is 23.3 Å². The molecule has 6 nitrogen and oxygen atoms in total. The highest BCUT2D eigenvalue weighted by Crippen LogP contribution is 2.30. The fourth-order valence-corrected chi connectivity index (χ4v) is 3.89. The van der Waals surface area contributed by atoms with Gasteiger partial charge >= 0.3 is 0 Å². The van der Waals surface area contributed by atoms with Gasteiger partial charge in [0.15, 0.2) is 11.5 Å². The van der Waals surface area contributed by atoms with Crippen molar-refractivity contribution in [2.75, 3.05) is 11.9 Å². The SMILES string of the molecule is CCOc1cc(/C=C(\C#N)C(=O)Nc2ccc(OCc3ccc(Cl)cc3)cc2)ccc1OCc1ccc(Cl)cc1. The molecule has 4 aromatic carbocycles. The molecule has 0 aliphatic rings. The van der Waals surface area contributed by atoms with E-state index in [1.54, 1.807) is 54.6 Å². The highest BCUT2D eigenvalue weighted by atomic mass is 35.5. The number of nitriles is 1. The van der Waals surface area contributed by atoms with E-state index in [0.29, 0.717) is 58.4 Å². The maximum Gasteiger partial charge on any atom is 0.266 e. The molecule has 1 amide bonds. The molecule has 0 aliphatic heterocycles. The van der Waals surface area contributed by atoms with Crippen LogP contribution in [-0.4, -0.2) is 12.5 Å². The van der Waals surface area contributed by atoms with Crippen LogP contribution in [0.1, 0.15) is 23.6 Å². The third-order valence-corrected chi connectivity index (χ3v) is 6.19. The van der Waals surface area contributed by atoms with Gasteiger partial charge < -0.3 is 19.5 Å². The summed E-state index contributed by atoms with van der Waals surface area (Å²) in [4.78, 5) is 12.8. The highest BCUT2D eigenvalue weighted by Gasteiger charge is 2.12. The molecule has 0 spiro atoms. The van der Waals surface area contributed by atoms with E-state index in [4.69, 9.17) is 37.4 Å². The summed E-state index contributed by atoms with van der Waals surface area (Å²) in [6.07, 6.45) is 1.50. The van der Waals surface area contributed by atoms with E-state index >= 15 is 0 Å². The van der Waals surface area contributed by atoms with Gasteiger partial charge in [-0.1, -0.05) is 53.5 Å². The minimum Gasteiger partial charge on any atom is -0.490 e. The fourth-order valence-electron chi connectivity index (χ4n) is 3.64. The number of nitrogens with zero attached hydrogens (tertiary/aromatic N) is 1. The molecule has 0 unspecified atom stereocenters. The van der Waals surface area contributed by atoms with Crippen molar-refractivity contribution in [3.63, 3.8) is 0 Å². The number of rotatable bonds is 11. The van der Waals surface area contributed by atoms with Crippen LogP contribution < -0.4 is 19.5 Å². The van der Waals surface area contributed by atoms with Gasteiger partial charge in [0.1, 0.15) is 30.6 Å². The van der Waals surface area contributed by atoms with E-state index in [1.165, 1.54) is 6.08 Å². The van der Waals surface area contributed by atoms with Crippen LogP contribution in [0.15, 0.2) is 96.6 Å². The summed E-state index contributed by atoms with van der Waals surface area (Å²) < 4.78 is 17.5. The number of halogens is 2. The normalized spacial score (nSPS) is 10.9. The molecule has 0 radical (unpaired) electrons. The Balaban J connectivity index is 1.39. The van der Waals surface area contributed by atoms with Gasteiger partial charge in [0.2, 0.25) is 0 Å². The van der Waals surface area contributed by atoms with Crippen LogP contribution in [0.4, 0.5) is 5.69 Å². The number of hydrogen-bond acceptors (Lipinski definition) is 5. The lowest BCUT2D eigenvalue weighted by molar-refractivity contribution is -0.112. The monoisotopic (exact) mass is 572 g/mol. The maximum absolute atomic E-state index is 12.8. The molecule has 4 aromatic rings. The average Bonchev–Trinajstić information content (AvgIpc) is 2.97. The Labute approximate surface area is 243 Å². The summed E-state index contributed by atoms with van der Waals surface area (Å²) in [5.41, 5.74) is 3.05. The van der Waals surface area contributed by atoms with Crippen molar-refractivity contribution in [2.24, 2.45) is 0 Å². The Morgan fingerprint density at radius 1 is 0.800 bits per heavy atom. The predicted octanol–water partition coefficient (Wildman–Crippen LogP) is 8.10. The van der Waals surface area contributed by atoms with Crippen molar-refractivity contribution in [3.05, 3.63) is 123 Å². The zero-order valence-corrected chi connectivity index (χ0v) is 23.2. The van der Waals surface area contributed by atoms with Crippen molar-refractivity contribution in [2.45, 2.75) is 20.1 Å². The summed E-state index contributed by atoms with van der Waals surface area (Å²) >= 11 is 11.9. The second-order valence-corrected chi connectivity index (χ2v) is 9.49. The van der Waals surface area contributed by atoms with E-state index in [0.717, 1.165) is 11.1 Å². The largest absolute Gasteiger partial charge is 0.490 e. The molecule has 0 aliphatic carbocycles. The summed E-state index contributed by atoms with van der Waals surface area (Å²) in [7, 11) is 0. The first-order valence-corrected chi connectivity index (χ1v) is 13.2. The Bertz CT molecular complexity index is 1510. The first-order chi connectivity index (χ1) is 19.4. The smallest absolute Gasteiger partial charge is 0.266 e. The van der Waals surface area contributed by atoms with Crippen LogP contribution in [0.2, 0.25) is 10.0 Å². The summed E-state index contributed by atoms with van der Waals surface area (Å²) in [6.45, 7) is 3.02. The molecule has 4 rings (SSSR count). The van der Waals surface area contributed by atoms with Gasteiger partial charge in [0.25, 0.3) is 5.91 Å². The van der Waals surface area contributed by atoms with Gasteiger partial charge in [-0.2, -0.15) is 5.26 Å². The second-order valence-electron chi connectivity index (χ2n) is 8.62. The zero-order valence-electron chi connectivity index (χ0n) is 21.7. The number of benzene rings is 4. The van der Waals surface area contributed by atoms with Gasteiger partial charge in [-0.3, -0.25) is 4.79 Å². The summed E-state index contributed by atoms with van der Waals surface area (Å²) in [6, 6.07) is 28.9. The maximum atomic E-state index is 12.8. The molecule has 0 fully saturated rings. The molecule has 0 bridgehead atoms. The summed E-state index contributed by atoms with van der Waals surface area (Å²) in [5, 5.41) is 13.7. The van der Waals surface area contributed by atoms with E-state index in [9.17, 15) is 10.1 Å². The number of ether oxygens (including phenoxy) is 3. The van der Waals surface area contributed by atoms with Crippen molar-refractivity contribution in [1.29, 1.82) is 5.26 Å². The van der Waals surface area contributed by atoms with Gasteiger partial charge in [-0.05, 0) is 90.4 Å². The fraction of sp³-hybridized carbons (Fsp3) is 0.125. The molecular formula is C32H26Cl2N2O4. The van der Waals surface area contributed by atoms with Crippen LogP contribution in [-0.2, 0) is 18.0 Å². The number of anilines is 1. The lowest BCUT2D eigenvalue weighted by atomic mass is 10.1. The van der Waals surface area contributed by atoms with E-state index < -0.39 is 5.91 Å². The number of amides is 1. The average molecular weight is 573 g/mol. The second kappa shape index (κ2) is 14.1. The Morgan fingerprint density at radius 2 is 1.40 bits per heavy atom. The standard InChI is InChI=1S/C32H26Cl2N2O4/c1-2-38-31-18-24(7-16-30(31)40-21-23-5-10-27(34)11-6-23)17-25(19-35)32(37)36-28-12-14-29(15-13-28)39-20-22-3-8-26(33)9-4-22/h3-18H,2,20-21H2,1H3,(H,36,37)/b25-17+. The molecule has 40 heavy (non-hydrogen) atoms. The summed E-state index contributed by atoms with van der Waals surface area (Å²) in [5.74, 6) is 1.18. The van der Waals surface area contributed by atoms with Crippen molar-refractivity contribution < 1.29 is 19.0 Å². The number of carbonyl (C=O) groups is 1. The first-order valence-electron chi connectivity index (χ1n) is 12.5. The van der Waals surface area contributed by atoms with Crippen LogP contribution >= 0.6 is 23.2 Å². The predicted molar refractivity (Wildman–Crippen MR) is 158 cm³/mol. The quantitative estimate of drug-likeness (QED) is 0.145. The third-order valence-electron chi connectivity index (χ3n) is 5.68. The van der Waals surface area contributed by atoms with Crippen LogP contribution in [0, 0.1) is 11.3 Å². The number of nitrogens with one attached hydrogen (secondary N) is 1. The number of carbonyl (C=O) groups excluding carboxylic acids is 1. The van der Waals surface area contributed by atoms with Crippen molar-refractivity contribution >= 4 is 40.9 Å². The van der Waals surface area contributed by atoms with Gasteiger partial charge in [0.05, 0.1) is 6.61 Å². The molecule has 0 saturated heterocycles. The topological polar surface area (TPSA) is 80.6 Å². The molecule has 0 aromatic heterocycles. The van der Waals surface area contributed by atoms with Crippen LogP contribution in [0.3, 0.4) is 0 Å². The minimum absolute atomic E-state index is 0.0552. The Hall–Kier alpha value is -4.44. The Morgan fingerprint density at radius 3 is 1.98 bits per heavy atom. The minimum atomic E-state index is -0.529. The molecule has 202 valence electrons. The van der Waals surface area contributed by atoms with Gasteiger partial charge in [0, 0.05) is 15.7 Å². The molecule has 0 saturated carbocycles. The van der Waals surface area contributed by atoms with Crippen LogP contribution in [0.25, 0.3) is 6.08 Å². The van der Waals surface area contributed by atoms with Crippen molar-refractivity contribution in [1.82, 2.24) is 0 Å². The highest BCUT2D eigenvalue weighted by molar-refractivity contribution is 6.30.